The number of likely N-dealkylation sites (tertiary alicyclic amines) is 2. The zero-order chi connectivity index (χ0) is 17.6. The van der Waals surface area contributed by atoms with Crippen LogP contribution in [0.25, 0.3) is 0 Å². The predicted octanol–water partition coefficient (Wildman–Crippen LogP) is 1.50. The lowest BCUT2D eigenvalue weighted by Gasteiger charge is -2.48. The lowest BCUT2D eigenvalue weighted by Crippen LogP contribution is -2.58. The van der Waals surface area contributed by atoms with Gasteiger partial charge in [-0.3, -0.25) is 15.3 Å². The standard InChI is InChI=1S/C17H30FN5O/c1-14(8-20-15(2)9-24-3)16(21-13-19)23-6-4-17(12-23)10-22(11-17)7-5-18/h8,13,15H,4-7,9-12H2,1-3H3,(H2,19,21)/t15-/m1/s1. The van der Waals surface area contributed by atoms with Gasteiger partial charge in [-0.05, 0) is 20.3 Å². The zero-order valence-corrected chi connectivity index (χ0v) is 15.0. The summed E-state index contributed by atoms with van der Waals surface area (Å²) >= 11 is 0. The summed E-state index contributed by atoms with van der Waals surface area (Å²) in [6, 6.07) is 0.108. The summed E-state index contributed by atoms with van der Waals surface area (Å²) in [4.78, 5) is 8.97. The van der Waals surface area contributed by atoms with Gasteiger partial charge < -0.3 is 15.0 Å². The number of hydrogen-bond acceptors (Lipinski definition) is 5. The van der Waals surface area contributed by atoms with Crippen molar-refractivity contribution >= 4 is 12.6 Å². The van der Waals surface area contributed by atoms with E-state index in [1.807, 2.05) is 20.1 Å². The van der Waals surface area contributed by atoms with Crippen molar-refractivity contribution in [2.45, 2.75) is 26.3 Å². The molecule has 136 valence electrons. The van der Waals surface area contributed by atoms with Crippen molar-refractivity contribution in [3.8, 4) is 0 Å². The number of methoxy groups -OCH3 is 1. The molecule has 6 nitrogen and oxygen atoms in total. The van der Waals surface area contributed by atoms with E-state index >= 15 is 0 Å². The Labute approximate surface area is 144 Å². The van der Waals surface area contributed by atoms with E-state index in [0.717, 1.165) is 44.0 Å². The van der Waals surface area contributed by atoms with E-state index in [1.54, 1.807) is 7.11 Å². The fraction of sp³-hybridized carbons (Fsp3) is 0.765. The molecule has 0 aromatic heterocycles. The fourth-order valence-corrected chi connectivity index (χ4v) is 3.67. The molecule has 0 bridgehead atoms. The van der Waals surface area contributed by atoms with Gasteiger partial charge in [0.15, 0.2) is 0 Å². The van der Waals surface area contributed by atoms with E-state index in [2.05, 4.69) is 20.1 Å². The molecule has 1 atom stereocenters. The van der Waals surface area contributed by atoms with Crippen LogP contribution in [-0.4, -0.2) is 81.5 Å². The normalized spacial score (nSPS) is 22.6. The largest absolute Gasteiger partial charge is 0.382 e. The van der Waals surface area contributed by atoms with Crippen LogP contribution in [0.4, 0.5) is 4.39 Å². The number of ether oxygens (including phenoxy) is 1. The minimum absolute atomic E-state index is 0.108. The predicted molar refractivity (Wildman–Crippen MR) is 95.5 cm³/mol. The maximum Gasteiger partial charge on any atom is 0.111 e. The van der Waals surface area contributed by atoms with Gasteiger partial charge >= 0.3 is 0 Å². The highest BCUT2D eigenvalue weighted by molar-refractivity contribution is 5.79. The van der Waals surface area contributed by atoms with E-state index in [9.17, 15) is 4.39 Å². The number of nitrogens with zero attached hydrogens (tertiary/aromatic N) is 3. The van der Waals surface area contributed by atoms with Gasteiger partial charge in [-0.1, -0.05) is 0 Å². The number of nitrogens with one attached hydrogen (secondary N) is 2. The monoisotopic (exact) mass is 339 g/mol. The van der Waals surface area contributed by atoms with E-state index < -0.39 is 0 Å². The molecule has 0 aromatic carbocycles. The molecule has 0 radical (unpaired) electrons. The maximum absolute atomic E-state index is 12.4. The fourth-order valence-electron chi connectivity index (χ4n) is 3.67. The third kappa shape index (κ3) is 4.54. The van der Waals surface area contributed by atoms with E-state index in [1.165, 1.54) is 6.34 Å². The summed E-state index contributed by atoms with van der Waals surface area (Å²) in [5.41, 5.74) is 1.30. The van der Waals surface area contributed by atoms with Gasteiger partial charge in [0.2, 0.25) is 0 Å². The van der Waals surface area contributed by atoms with E-state index in [0.29, 0.717) is 13.2 Å². The molecule has 2 saturated heterocycles. The molecule has 2 N–H and O–H groups in total. The van der Waals surface area contributed by atoms with Gasteiger partial charge in [0, 0.05) is 57.0 Å². The number of alkyl halides is 1. The van der Waals surface area contributed by atoms with Crippen LogP contribution in [0.3, 0.4) is 0 Å². The Morgan fingerprint density at radius 1 is 1.46 bits per heavy atom. The lowest BCUT2D eigenvalue weighted by atomic mass is 9.79. The molecular weight excluding hydrogens is 309 g/mol. The number of allylic oxidation sites excluding steroid dienone is 1. The Balaban J connectivity index is 2.00. The number of hydrogen-bond donors (Lipinski definition) is 2. The van der Waals surface area contributed by atoms with Crippen LogP contribution in [0.1, 0.15) is 20.3 Å². The highest BCUT2D eigenvalue weighted by Crippen LogP contribution is 2.40. The molecule has 0 aromatic rings. The molecule has 1 spiro atoms. The van der Waals surface area contributed by atoms with Crippen LogP contribution in [-0.2, 0) is 4.74 Å². The summed E-state index contributed by atoms with van der Waals surface area (Å²) in [5.74, 6) is 0.944. The Bertz CT molecular complexity index is 487. The van der Waals surface area contributed by atoms with Crippen molar-refractivity contribution < 1.29 is 9.13 Å². The second kappa shape index (κ2) is 8.58. The third-order valence-electron chi connectivity index (χ3n) is 4.79. The summed E-state index contributed by atoms with van der Waals surface area (Å²) in [7, 11) is 1.67. The van der Waals surface area contributed by atoms with Crippen molar-refractivity contribution in [3.05, 3.63) is 11.4 Å². The van der Waals surface area contributed by atoms with Crippen molar-refractivity contribution in [1.29, 1.82) is 5.41 Å². The molecule has 0 saturated carbocycles. The van der Waals surface area contributed by atoms with Crippen LogP contribution in [0.2, 0.25) is 0 Å². The molecule has 2 heterocycles. The van der Waals surface area contributed by atoms with Crippen LogP contribution in [0, 0.1) is 10.8 Å². The van der Waals surface area contributed by atoms with Crippen molar-refractivity contribution in [2.75, 3.05) is 53.1 Å². The average Bonchev–Trinajstić information content (AvgIpc) is 2.95. The Hall–Kier alpha value is -1.47. The quantitative estimate of drug-likeness (QED) is 0.494. The van der Waals surface area contributed by atoms with Crippen molar-refractivity contribution in [2.24, 2.45) is 10.4 Å². The first-order valence-corrected chi connectivity index (χ1v) is 8.55. The molecule has 24 heavy (non-hydrogen) atoms. The van der Waals surface area contributed by atoms with Crippen molar-refractivity contribution in [1.82, 2.24) is 15.1 Å². The second-order valence-electron chi connectivity index (χ2n) is 6.97. The van der Waals surface area contributed by atoms with Gasteiger partial charge in [0.05, 0.1) is 19.0 Å². The Kier molecular flexibility index (Phi) is 6.74. The van der Waals surface area contributed by atoms with Crippen LogP contribution in [0.15, 0.2) is 16.4 Å². The molecule has 7 heteroatoms. The van der Waals surface area contributed by atoms with Gasteiger partial charge in [0.25, 0.3) is 0 Å². The van der Waals surface area contributed by atoms with E-state index in [4.69, 9.17) is 10.1 Å². The van der Waals surface area contributed by atoms with Crippen molar-refractivity contribution in [3.63, 3.8) is 0 Å². The van der Waals surface area contributed by atoms with Crippen LogP contribution in [0.5, 0.6) is 0 Å². The number of rotatable bonds is 9. The minimum atomic E-state index is -0.268. The van der Waals surface area contributed by atoms with Crippen LogP contribution >= 0.6 is 0 Å². The molecule has 0 unspecified atom stereocenters. The maximum atomic E-state index is 12.4. The first-order valence-electron chi connectivity index (χ1n) is 8.55. The highest BCUT2D eigenvalue weighted by atomic mass is 19.1. The van der Waals surface area contributed by atoms with Gasteiger partial charge in [-0.25, -0.2) is 4.39 Å². The smallest absolute Gasteiger partial charge is 0.111 e. The summed E-state index contributed by atoms with van der Waals surface area (Å²) in [6.45, 7) is 8.75. The molecule has 0 amide bonds. The molecular formula is C17H30FN5O. The molecule has 2 aliphatic rings. The first kappa shape index (κ1) is 18.9. The van der Waals surface area contributed by atoms with Gasteiger partial charge in [-0.2, -0.15) is 0 Å². The molecule has 2 rings (SSSR count). The number of halogens is 1. The number of aliphatic imine (C=N–C) groups is 1. The van der Waals surface area contributed by atoms with E-state index in [-0.39, 0.29) is 18.1 Å². The lowest BCUT2D eigenvalue weighted by molar-refractivity contribution is 0.00687. The first-order chi connectivity index (χ1) is 11.5. The molecule has 2 fully saturated rings. The average molecular weight is 339 g/mol. The van der Waals surface area contributed by atoms with Gasteiger partial charge in [0.1, 0.15) is 12.5 Å². The topological polar surface area (TPSA) is 64.0 Å². The summed E-state index contributed by atoms with van der Waals surface area (Å²) in [6.07, 6.45) is 4.19. The van der Waals surface area contributed by atoms with Crippen LogP contribution < -0.4 is 5.32 Å². The molecule has 0 aliphatic carbocycles. The summed E-state index contributed by atoms with van der Waals surface area (Å²) < 4.78 is 17.5. The second-order valence-corrected chi connectivity index (χ2v) is 6.97. The third-order valence-corrected chi connectivity index (χ3v) is 4.79. The minimum Gasteiger partial charge on any atom is -0.382 e. The Morgan fingerprint density at radius 3 is 2.83 bits per heavy atom. The highest BCUT2D eigenvalue weighted by Gasteiger charge is 2.47. The zero-order valence-electron chi connectivity index (χ0n) is 15.0. The SMILES string of the molecule is COC[C@@H](C)N=CC(C)=C(NC=N)N1CCC2(CN(CCF)C2)C1. The Morgan fingerprint density at radius 2 is 2.21 bits per heavy atom. The van der Waals surface area contributed by atoms with Gasteiger partial charge in [-0.15, -0.1) is 0 Å². The molecule has 2 aliphatic heterocycles. The summed E-state index contributed by atoms with van der Waals surface area (Å²) in [5, 5.41) is 10.5.